The molecule has 0 saturated carbocycles. The Morgan fingerprint density at radius 3 is 2.60 bits per heavy atom. The fourth-order valence-corrected chi connectivity index (χ4v) is 1.89. The van der Waals surface area contributed by atoms with E-state index in [4.69, 9.17) is 0 Å². The Labute approximate surface area is 124 Å². The van der Waals surface area contributed by atoms with Crippen LogP contribution in [-0.2, 0) is 0 Å². The molecule has 0 nitrogen and oxygen atoms in total. The van der Waals surface area contributed by atoms with Crippen LogP contribution in [0.15, 0.2) is 36.1 Å². The predicted molar refractivity (Wildman–Crippen MR) is 89.5 cm³/mol. The molecule has 0 N–H and O–H groups in total. The van der Waals surface area contributed by atoms with E-state index in [1.54, 1.807) is 0 Å². The van der Waals surface area contributed by atoms with Crippen molar-refractivity contribution in [3.05, 3.63) is 47.2 Å². The summed E-state index contributed by atoms with van der Waals surface area (Å²) in [6.07, 6.45) is 12.5. The average Bonchev–Trinajstić information content (AvgIpc) is 2.48. The van der Waals surface area contributed by atoms with E-state index < -0.39 is 0 Å². The van der Waals surface area contributed by atoms with Crippen molar-refractivity contribution in [3.8, 4) is 11.8 Å². The van der Waals surface area contributed by atoms with Crippen LogP contribution in [0.4, 0.5) is 0 Å². The molecule has 0 amide bonds. The van der Waals surface area contributed by atoms with Gasteiger partial charge in [-0.1, -0.05) is 63.1 Å². The second-order valence-corrected chi connectivity index (χ2v) is 5.00. The van der Waals surface area contributed by atoms with Gasteiger partial charge in [0.25, 0.3) is 0 Å². The lowest BCUT2D eigenvalue weighted by Crippen LogP contribution is -1.80. The van der Waals surface area contributed by atoms with Crippen molar-refractivity contribution in [2.45, 2.75) is 58.8 Å². The van der Waals surface area contributed by atoms with Gasteiger partial charge in [0.1, 0.15) is 0 Å². The van der Waals surface area contributed by atoms with Gasteiger partial charge in [0.15, 0.2) is 0 Å². The Bertz CT molecular complexity index is 490. The zero-order chi connectivity index (χ0) is 14.5. The second-order valence-electron chi connectivity index (χ2n) is 5.00. The summed E-state index contributed by atoms with van der Waals surface area (Å²) < 4.78 is 0. The number of unbranched alkanes of at least 4 members (excludes halogenated alkanes) is 5. The lowest BCUT2D eigenvalue weighted by atomic mass is 10.1. The quantitative estimate of drug-likeness (QED) is 0.324. The summed E-state index contributed by atoms with van der Waals surface area (Å²) >= 11 is 0. The molecule has 0 aromatic heterocycles. The van der Waals surface area contributed by atoms with Gasteiger partial charge in [0.2, 0.25) is 0 Å². The van der Waals surface area contributed by atoms with Crippen molar-refractivity contribution in [1.82, 2.24) is 0 Å². The monoisotopic (exact) mass is 266 g/mol. The Hall–Kier alpha value is -1.70. The molecular weight excluding hydrogens is 240 g/mol. The van der Waals surface area contributed by atoms with Crippen molar-refractivity contribution >= 4 is 6.08 Å². The third kappa shape index (κ3) is 7.03. The number of hydrogen-bond acceptors (Lipinski definition) is 0. The maximum absolute atomic E-state index is 3.28. The summed E-state index contributed by atoms with van der Waals surface area (Å²) in [6.45, 7) is 4.43. The lowest BCUT2D eigenvalue weighted by Gasteiger charge is -1.96. The van der Waals surface area contributed by atoms with Gasteiger partial charge in [-0.3, -0.25) is 0 Å². The van der Waals surface area contributed by atoms with Gasteiger partial charge >= 0.3 is 0 Å². The highest BCUT2D eigenvalue weighted by atomic mass is 14.0. The van der Waals surface area contributed by atoms with Crippen molar-refractivity contribution in [1.29, 1.82) is 0 Å². The van der Waals surface area contributed by atoms with Crippen LogP contribution in [0.3, 0.4) is 0 Å². The third-order valence-corrected chi connectivity index (χ3v) is 3.15. The number of benzene rings is 1. The van der Waals surface area contributed by atoms with Gasteiger partial charge in [0, 0.05) is 12.0 Å². The third-order valence-electron chi connectivity index (χ3n) is 3.15. The average molecular weight is 266 g/mol. The first-order valence-corrected chi connectivity index (χ1v) is 7.87. The van der Waals surface area contributed by atoms with E-state index in [2.05, 4.69) is 61.8 Å². The largest absolute Gasteiger partial charge is 0.125 e. The summed E-state index contributed by atoms with van der Waals surface area (Å²) in [6, 6.07) is 8.30. The van der Waals surface area contributed by atoms with Crippen LogP contribution in [0, 0.1) is 11.8 Å². The first kappa shape index (κ1) is 16.4. The van der Waals surface area contributed by atoms with E-state index in [-0.39, 0.29) is 0 Å². The SMILES string of the molecule is CCCCC#Cc1ccccc1C=C=CCCCCC. The molecule has 0 heteroatoms. The van der Waals surface area contributed by atoms with Crippen molar-refractivity contribution < 1.29 is 0 Å². The van der Waals surface area contributed by atoms with E-state index in [1.807, 2.05) is 6.07 Å². The topological polar surface area (TPSA) is 0 Å². The smallest absolute Gasteiger partial charge is 0.0323 e. The Balaban J connectivity index is 2.64. The van der Waals surface area contributed by atoms with Crippen LogP contribution in [0.2, 0.25) is 0 Å². The molecule has 0 aliphatic heterocycles. The minimum absolute atomic E-state index is 0.988. The first-order valence-electron chi connectivity index (χ1n) is 7.87. The molecule has 0 radical (unpaired) electrons. The van der Waals surface area contributed by atoms with Crippen LogP contribution < -0.4 is 0 Å². The molecule has 1 aromatic carbocycles. The summed E-state index contributed by atoms with van der Waals surface area (Å²) in [5.41, 5.74) is 5.56. The van der Waals surface area contributed by atoms with Crippen LogP contribution in [-0.4, -0.2) is 0 Å². The summed E-state index contributed by atoms with van der Waals surface area (Å²) in [7, 11) is 0. The van der Waals surface area contributed by atoms with Gasteiger partial charge in [-0.05, 0) is 43.0 Å². The number of hydrogen-bond donors (Lipinski definition) is 0. The van der Waals surface area contributed by atoms with Crippen molar-refractivity contribution in [3.63, 3.8) is 0 Å². The number of rotatable bonds is 7. The van der Waals surface area contributed by atoms with E-state index in [0.29, 0.717) is 0 Å². The minimum atomic E-state index is 0.988. The summed E-state index contributed by atoms with van der Waals surface area (Å²) in [5, 5.41) is 0. The zero-order valence-corrected chi connectivity index (χ0v) is 12.9. The molecule has 0 aliphatic carbocycles. The highest BCUT2D eigenvalue weighted by Gasteiger charge is 1.93. The molecule has 0 bridgehead atoms. The normalized spacial score (nSPS) is 9.30. The van der Waals surface area contributed by atoms with Gasteiger partial charge < -0.3 is 0 Å². The minimum Gasteiger partial charge on any atom is -0.125 e. The second kappa shape index (κ2) is 11.2. The summed E-state index contributed by atoms with van der Waals surface area (Å²) in [5.74, 6) is 6.53. The molecule has 0 aliphatic rings. The Morgan fingerprint density at radius 1 is 1.00 bits per heavy atom. The Kier molecular flexibility index (Phi) is 9.12. The molecule has 20 heavy (non-hydrogen) atoms. The molecule has 0 atom stereocenters. The summed E-state index contributed by atoms with van der Waals surface area (Å²) in [4.78, 5) is 0. The van der Waals surface area contributed by atoms with Crippen LogP contribution in [0.1, 0.15) is 69.9 Å². The maximum Gasteiger partial charge on any atom is 0.0323 e. The van der Waals surface area contributed by atoms with Crippen LogP contribution >= 0.6 is 0 Å². The molecular formula is C20H26. The first-order chi connectivity index (χ1) is 9.88. The van der Waals surface area contributed by atoms with E-state index >= 15 is 0 Å². The zero-order valence-electron chi connectivity index (χ0n) is 12.9. The highest BCUT2D eigenvalue weighted by molar-refractivity contribution is 5.58. The molecule has 0 heterocycles. The fraction of sp³-hybridized carbons (Fsp3) is 0.450. The highest BCUT2D eigenvalue weighted by Crippen LogP contribution is 2.09. The Morgan fingerprint density at radius 2 is 1.80 bits per heavy atom. The molecule has 1 rings (SSSR count). The molecule has 0 fully saturated rings. The standard InChI is InChI=1S/C20H26/c1-3-5-7-9-10-12-16-20-18-14-13-17-19(20)15-11-8-6-4-2/h10,13-14,16-18H,3-9H2,1-2H3. The maximum atomic E-state index is 3.28. The number of allylic oxidation sites excluding steroid dienone is 1. The van der Waals surface area contributed by atoms with Crippen LogP contribution in [0.25, 0.3) is 6.08 Å². The fourth-order valence-electron chi connectivity index (χ4n) is 1.89. The lowest BCUT2D eigenvalue weighted by molar-refractivity contribution is 0.729. The van der Waals surface area contributed by atoms with Crippen molar-refractivity contribution in [2.24, 2.45) is 0 Å². The predicted octanol–water partition coefficient (Wildman–Crippen LogP) is 5.98. The molecule has 106 valence electrons. The van der Waals surface area contributed by atoms with Gasteiger partial charge in [0.05, 0.1) is 0 Å². The van der Waals surface area contributed by atoms with Crippen LogP contribution in [0.5, 0.6) is 0 Å². The molecule has 0 unspecified atom stereocenters. The molecule has 0 spiro atoms. The van der Waals surface area contributed by atoms with Gasteiger partial charge in [-0.25, -0.2) is 0 Å². The molecule has 1 aromatic rings. The van der Waals surface area contributed by atoms with E-state index in [0.717, 1.165) is 18.4 Å². The molecule has 0 saturated heterocycles. The van der Waals surface area contributed by atoms with E-state index in [9.17, 15) is 0 Å². The van der Waals surface area contributed by atoms with Gasteiger partial charge in [-0.2, -0.15) is 0 Å². The van der Waals surface area contributed by atoms with E-state index in [1.165, 1.54) is 37.7 Å². The van der Waals surface area contributed by atoms with Gasteiger partial charge in [-0.15, -0.1) is 5.73 Å². The van der Waals surface area contributed by atoms with Crippen molar-refractivity contribution in [2.75, 3.05) is 0 Å².